The summed E-state index contributed by atoms with van der Waals surface area (Å²) >= 11 is 0. The van der Waals surface area contributed by atoms with Gasteiger partial charge in [0.2, 0.25) is 0 Å². The Balaban J connectivity index is 1.40. The van der Waals surface area contributed by atoms with Gasteiger partial charge in [-0.05, 0) is 43.5 Å². The highest BCUT2D eigenvalue weighted by Crippen LogP contribution is 2.27. The number of hydrogen-bond acceptors (Lipinski definition) is 5. The molecule has 0 amide bonds. The molecule has 0 spiro atoms. The number of aromatic amines is 1. The molecule has 2 aromatic carbocycles. The van der Waals surface area contributed by atoms with Gasteiger partial charge in [0.15, 0.2) is 16.8 Å². The van der Waals surface area contributed by atoms with Crippen molar-refractivity contribution in [2.24, 2.45) is 0 Å². The van der Waals surface area contributed by atoms with E-state index in [1.165, 1.54) is 10.9 Å². The largest absolute Gasteiger partial charge is 0.361 e. The van der Waals surface area contributed by atoms with Crippen LogP contribution >= 0.6 is 0 Å². The second-order valence-corrected chi connectivity index (χ2v) is 8.29. The highest BCUT2D eigenvalue weighted by molar-refractivity contribution is 5.84. The first-order valence-electron chi connectivity index (χ1n) is 10.8. The molecule has 0 fully saturated rings. The summed E-state index contributed by atoms with van der Waals surface area (Å²) in [6, 6.07) is 16.2. The summed E-state index contributed by atoms with van der Waals surface area (Å²) in [5.74, 6) is 0. The Morgan fingerprint density at radius 1 is 1.00 bits per heavy atom. The van der Waals surface area contributed by atoms with Gasteiger partial charge in [-0.2, -0.15) is 9.61 Å². The predicted molar refractivity (Wildman–Crippen MR) is 127 cm³/mol. The van der Waals surface area contributed by atoms with Crippen molar-refractivity contribution in [3.63, 3.8) is 0 Å². The van der Waals surface area contributed by atoms with Gasteiger partial charge in [-0.15, -0.1) is 10.2 Å². The SMILES string of the molecule is Cc1ccc2[nH]cc(CCn3cnc4c(nnc5c(-c6ccccc6)c(C)nn54)c3=O)c2c1. The predicted octanol–water partition coefficient (Wildman–Crippen LogP) is 3.84. The summed E-state index contributed by atoms with van der Waals surface area (Å²) in [6.45, 7) is 4.50. The average molecular weight is 435 g/mol. The van der Waals surface area contributed by atoms with Crippen LogP contribution in [0, 0.1) is 13.8 Å². The lowest BCUT2D eigenvalue weighted by molar-refractivity contribution is 0.659. The van der Waals surface area contributed by atoms with Crippen LogP contribution in [0.15, 0.2) is 65.8 Å². The van der Waals surface area contributed by atoms with E-state index in [1.807, 2.05) is 43.5 Å². The summed E-state index contributed by atoms with van der Waals surface area (Å²) in [4.78, 5) is 21.0. The first-order valence-corrected chi connectivity index (χ1v) is 10.8. The molecule has 162 valence electrons. The molecule has 0 aliphatic carbocycles. The monoisotopic (exact) mass is 435 g/mol. The molecule has 0 aliphatic heterocycles. The Hall–Kier alpha value is -4.33. The smallest absolute Gasteiger partial charge is 0.283 e. The van der Waals surface area contributed by atoms with Crippen molar-refractivity contribution >= 4 is 27.7 Å². The Kier molecular flexibility index (Phi) is 4.33. The second kappa shape index (κ2) is 7.37. The van der Waals surface area contributed by atoms with Gasteiger partial charge in [0.05, 0.1) is 11.3 Å². The number of nitrogens with one attached hydrogen (secondary N) is 1. The summed E-state index contributed by atoms with van der Waals surface area (Å²) < 4.78 is 3.21. The maximum atomic E-state index is 13.2. The third kappa shape index (κ3) is 3.10. The third-order valence-corrected chi connectivity index (χ3v) is 6.08. The van der Waals surface area contributed by atoms with E-state index in [4.69, 9.17) is 0 Å². The molecular weight excluding hydrogens is 414 g/mol. The zero-order valence-electron chi connectivity index (χ0n) is 18.3. The number of hydrogen-bond donors (Lipinski definition) is 1. The molecule has 0 bridgehead atoms. The van der Waals surface area contributed by atoms with Crippen molar-refractivity contribution in [3.8, 4) is 11.1 Å². The molecule has 6 rings (SSSR count). The van der Waals surface area contributed by atoms with Crippen LogP contribution in [0.5, 0.6) is 0 Å². The number of benzene rings is 2. The molecule has 0 saturated heterocycles. The summed E-state index contributed by atoms with van der Waals surface area (Å²) in [5.41, 5.74) is 7.15. The minimum absolute atomic E-state index is 0.210. The molecule has 4 heterocycles. The Morgan fingerprint density at radius 2 is 1.85 bits per heavy atom. The zero-order chi connectivity index (χ0) is 22.5. The van der Waals surface area contributed by atoms with E-state index in [9.17, 15) is 4.79 Å². The number of aromatic nitrogens is 7. The van der Waals surface area contributed by atoms with E-state index in [0.29, 0.717) is 24.3 Å². The average Bonchev–Trinajstić information content (AvgIpc) is 3.38. The van der Waals surface area contributed by atoms with Crippen molar-refractivity contribution in [1.29, 1.82) is 0 Å². The highest BCUT2D eigenvalue weighted by atomic mass is 16.1. The van der Waals surface area contributed by atoms with E-state index in [2.05, 4.69) is 50.4 Å². The molecule has 6 aromatic rings. The Bertz CT molecular complexity index is 1710. The second-order valence-electron chi connectivity index (χ2n) is 8.29. The van der Waals surface area contributed by atoms with E-state index < -0.39 is 0 Å². The van der Waals surface area contributed by atoms with Crippen molar-refractivity contribution in [2.45, 2.75) is 26.8 Å². The topological polar surface area (TPSA) is 93.8 Å². The van der Waals surface area contributed by atoms with Crippen LogP contribution in [-0.4, -0.2) is 34.3 Å². The minimum atomic E-state index is -0.222. The number of fused-ring (bicyclic) bond motifs is 4. The molecular formula is C25H21N7O. The van der Waals surface area contributed by atoms with Gasteiger partial charge in [-0.1, -0.05) is 42.0 Å². The van der Waals surface area contributed by atoms with Gasteiger partial charge >= 0.3 is 0 Å². The van der Waals surface area contributed by atoms with E-state index in [-0.39, 0.29) is 11.1 Å². The molecule has 0 unspecified atom stereocenters. The maximum Gasteiger partial charge on any atom is 0.283 e. The quantitative estimate of drug-likeness (QED) is 0.454. The van der Waals surface area contributed by atoms with Crippen LogP contribution in [-0.2, 0) is 13.0 Å². The summed E-state index contributed by atoms with van der Waals surface area (Å²) in [6.07, 6.45) is 4.28. The van der Waals surface area contributed by atoms with Crippen LogP contribution in [0.3, 0.4) is 0 Å². The van der Waals surface area contributed by atoms with Gasteiger partial charge in [0.25, 0.3) is 5.56 Å². The normalized spacial score (nSPS) is 11.7. The number of H-pyrrole nitrogens is 1. The van der Waals surface area contributed by atoms with Crippen LogP contribution < -0.4 is 5.56 Å². The fraction of sp³-hybridized carbons (Fsp3) is 0.160. The van der Waals surface area contributed by atoms with Crippen molar-refractivity contribution < 1.29 is 0 Å². The lowest BCUT2D eigenvalue weighted by atomic mass is 10.1. The first-order chi connectivity index (χ1) is 16.1. The van der Waals surface area contributed by atoms with Gasteiger partial charge < -0.3 is 4.98 Å². The molecule has 1 N–H and O–H groups in total. The maximum absolute atomic E-state index is 13.2. The molecule has 8 nitrogen and oxygen atoms in total. The van der Waals surface area contributed by atoms with Gasteiger partial charge in [-0.3, -0.25) is 9.36 Å². The highest BCUT2D eigenvalue weighted by Gasteiger charge is 2.18. The van der Waals surface area contributed by atoms with Crippen LogP contribution in [0.25, 0.3) is 38.8 Å². The van der Waals surface area contributed by atoms with Gasteiger partial charge in [0, 0.05) is 23.6 Å². The molecule has 0 radical (unpaired) electrons. The molecule has 33 heavy (non-hydrogen) atoms. The molecule has 0 atom stereocenters. The van der Waals surface area contributed by atoms with E-state index in [0.717, 1.165) is 27.9 Å². The van der Waals surface area contributed by atoms with Gasteiger partial charge in [-0.25, -0.2) is 4.98 Å². The van der Waals surface area contributed by atoms with Crippen LogP contribution in [0.4, 0.5) is 0 Å². The zero-order valence-corrected chi connectivity index (χ0v) is 18.3. The molecule has 4 aromatic heterocycles. The Labute approximate surface area is 188 Å². The lowest BCUT2D eigenvalue weighted by Crippen LogP contribution is -2.23. The number of aryl methyl sites for hydroxylation is 4. The lowest BCUT2D eigenvalue weighted by Gasteiger charge is -2.07. The Morgan fingerprint density at radius 3 is 2.70 bits per heavy atom. The number of nitrogens with zero attached hydrogens (tertiary/aromatic N) is 6. The number of rotatable bonds is 4. The fourth-order valence-corrected chi connectivity index (χ4v) is 4.41. The first kappa shape index (κ1) is 19.4. The van der Waals surface area contributed by atoms with Crippen molar-refractivity contribution in [3.05, 3.63) is 88.2 Å². The molecule has 0 aliphatic rings. The summed E-state index contributed by atoms with van der Waals surface area (Å²) in [7, 11) is 0. The van der Waals surface area contributed by atoms with Crippen molar-refractivity contribution in [1.82, 2.24) is 34.3 Å². The molecule has 8 heteroatoms. The van der Waals surface area contributed by atoms with Crippen LogP contribution in [0.1, 0.15) is 16.8 Å². The third-order valence-electron chi connectivity index (χ3n) is 6.08. The van der Waals surface area contributed by atoms with Crippen molar-refractivity contribution in [2.75, 3.05) is 0 Å². The van der Waals surface area contributed by atoms with E-state index in [1.54, 1.807) is 15.4 Å². The van der Waals surface area contributed by atoms with E-state index >= 15 is 0 Å². The van der Waals surface area contributed by atoms with Crippen LogP contribution in [0.2, 0.25) is 0 Å². The standard InChI is InChI=1S/C25H21N7O/c1-15-8-9-20-19(12-15)18(13-26-20)10-11-31-14-27-24-22(25(31)33)28-29-23-21(16(2)30-32(23)24)17-6-4-3-5-7-17/h3-9,12-14,26H,10-11H2,1-2H3. The summed E-state index contributed by atoms with van der Waals surface area (Å²) in [5, 5.41) is 14.4. The minimum Gasteiger partial charge on any atom is -0.361 e. The molecule has 0 saturated carbocycles. The van der Waals surface area contributed by atoms with Gasteiger partial charge in [0.1, 0.15) is 6.33 Å². The fourth-order valence-electron chi connectivity index (χ4n) is 4.41.